The van der Waals surface area contributed by atoms with Crippen LogP contribution in [0.4, 0.5) is 0 Å². The van der Waals surface area contributed by atoms with Crippen molar-refractivity contribution in [3.05, 3.63) is 11.3 Å². The monoisotopic (exact) mass is 211 g/mol. The summed E-state index contributed by atoms with van der Waals surface area (Å²) >= 11 is 1.78. The molecule has 1 aliphatic rings. The highest BCUT2D eigenvalue weighted by Crippen LogP contribution is 2.24. The van der Waals surface area contributed by atoms with Crippen molar-refractivity contribution in [3.63, 3.8) is 0 Å². The van der Waals surface area contributed by atoms with E-state index in [1.165, 1.54) is 23.4 Å². The second-order valence-electron chi connectivity index (χ2n) is 3.85. The Hall–Kier alpha value is -0.480. The van der Waals surface area contributed by atoms with Crippen LogP contribution >= 0.6 is 11.8 Å². The third-order valence-electron chi connectivity index (χ3n) is 2.63. The molecule has 0 spiro atoms. The molecule has 2 rings (SSSR count). The first-order chi connectivity index (χ1) is 6.72. The Balaban J connectivity index is 2.11. The van der Waals surface area contributed by atoms with Crippen LogP contribution in [-0.4, -0.2) is 22.1 Å². The lowest BCUT2D eigenvalue weighted by atomic mass is 10.2. The zero-order valence-electron chi connectivity index (χ0n) is 9.00. The highest BCUT2D eigenvalue weighted by atomic mass is 32.2. The van der Waals surface area contributed by atoms with Crippen molar-refractivity contribution in [1.29, 1.82) is 0 Å². The number of aryl methyl sites for hydroxylation is 2. The van der Waals surface area contributed by atoms with E-state index < -0.39 is 0 Å². The summed E-state index contributed by atoms with van der Waals surface area (Å²) in [4.78, 5) is 0. The number of hydrogen-bond acceptors (Lipinski definition) is 3. The summed E-state index contributed by atoms with van der Waals surface area (Å²) in [6.07, 6.45) is 4.79. The van der Waals surface area contributed by atoms with Crippen molar-refractivity contribution < 1.29 is 0 Å². The number of rotatable bonds is 4. The van der Waals surface area contributed by atoms with Gasteiger partial charge in [-0.3, -0.25) is 4.68 Å². The van der Waals surface area contributed by atoms with Crippen LogP contribution in [0.3, 0.4) is 0 Å². The fourth-order valence-electron chi connectivity index (χ4n) is 1.67. The van der Waals surface area contributed by atoms with Crippen molar-refractivity contribution in [2.24, 2.45) is 7.05 Å². The van der Waals surface area contributed by atoms with Gasteiger partial charge in [0.25, 0.3) is 0 Å². The van der Waals surface area contributed by atoms with Gasteiger partial charge in [-0.25, -0.2) is 0 Å². The maximum Gasteiger partial charge on any atom is 0.0981 e. The molecule has 0 amide bonds. The zero-order chi connectivity index (χ0) is 10.1. The van der Waals surface area contributed by atoms with E-state index in [0.717, 1.165) is 18.3 Å². The van der Waals surface area contributed by atoms with Crippen LogP contribution in [0.2, 0.25) is 0 Å². The average Bonchev–Trinajstić information content (AvgIpc) is 2.91. The maximum absolute atomic E-state index is 4.44. The highest BCUT2D eigenvalue weighted by Gasteiger charge is 2.21. The molecule has 1 aromatic heterocycles. The van der Waals surface area contributed by atoms with Crippen LogP contribution in [0.5, 0.6) is 0 Å². The molecule has 0 unspecified atom stereocenters. The standard InChI is InChI=1S/C10H17N3S/c1-7-9(6-11-8-4-5-8)10(14-3)13(2)12-7/h8,11H,4-6H2,1-3H3. The predicted molar refractivity (Wildman–Crippen MR) is 59.6 cm³/mol. The molecule has 78 valence electrons. The van der Waals surface area contributed by atoms with E-state index in [4.69, 9.17) is 0 Å². The summed E-state index contributed by atoms with van der Waals surface area (Å²) < 4.78 is 1.98. The Morgan fingerprint density at radius 1 is 1.57 bits per heavy atom. The summed E-state index contributed by atoms with van der Waals surface area (Å²) in [5.74, 6) is 0. The number of aromatic nitrogens is 2. The molecule has 14 heavy (non-hydrogen) atoms. The minimum atomic E-state index is 0.768. The van der Waals surface area contributed by atoms with E-state index in [-0.39, 0.29) is 0 Å². The molecule has 0 aromatic carbocycles. The zero-order valence-corrected chi connectivity index (χ0v) is 9.82. The van der Waals surface area contributed by atoms with Gasteiger partial charge in [-0.2, -0.15) is 5.10 Å². The van der Waals surface area contributed by atoms with Crippen LogP contribution in [0.15, 0.2) is 5.03 Å². The molecular weight excluding hydrogens is 194 g/mol. The largest absolute Gasteiger partial charge is 0.310 e. The van der Waals surface area contributed by atoms with E-state index in [9.17, 15) is 0 Å². The molecule has 1 aliphatic carbocycles. The van der Waals surface area contributed by atoms with Gasteiger partial charge in [0, 0.05) is 25.2 Å². The summed E-state index contributed by atoms with van der Waals surface area (Å²) in [6.45, 7) is 3.06. The average molecular weight is 211 g/mol. The fourth-order valence-corrected chi connectivity index (χ4v) is 2.44. The molecule has 3 nitrogen and oxygen atoms in total. The first kappa shape index (κ1) is 10.1. The first-order valence-electron chi connectivity index (χ1n) is 5.02. The van der Waals surface area contributed by atoms with Crippen molar-refractivity contribution in [2.45, 2.75) is 37.4 Å². The lowest BCUT2D eigenvalue weighted by Crippen LogP contribution is -2.16. The Morgan fingerprint density at radius 3 is 2.86 bits per heavy atom. The fraction of sp³-hybridized carbons (Fsp3) is 0.700. The summed E-state index contributed by atoms with van der Waals surface area (Å²) in [6, 6.07) is 0.768. The smallest absolute Gasteiger partial charge is 0.0981 e. The van der Waals surface area contributed by atoms with Gasteiger partial charge in [0.1, 0.15) is 0 Å². The molecule has 0 saturated heterocycles. The molecule has 0 bridgehead atoms. The van der Waals surface area contributed by atoms with Gasteiger partial charge in [0.2, 0.25) is 0 Å². The first-order valence-corrected chi connectivity index (χ1v) is 6.24. The van der Waals surface area contributed by atoms with Gasteiger partial charge in [0.15, 0.2) is 0 Å². The topological polar surface area (TPSA) is 29.9 Å². The van der Waals surface area contributed by atoms with E-state index in [2.05, 4.69) is 23.6 Å². The highest BCUT2D eigenvalue weighted by molar-refractivity contribution is 7.98. The Labute approximate surface area is 89.3 Å². The second kappa shape index (κ2) is 3.95. The van der Waals surface area contributed by atoms with Crippen molar-refractivity contribution in [1.82, 2.24) is 15.1 Å². The van der Waals surface area contributed by atoms with Crippen LogP contribution in [0.25, 0.3) is 0 Å². The van der Waals surface area contributed by atoms with Gasteiger partial charge in [-0.1, -0.05) is 0 Å². The Kier molecular flexibility index (Phi) is 2.83. The SMILES string of the molecule is CSc1c(CNC2CC2)c(C)nn1C. The number of hydrogen-bond donors (Lipinski definition) is 1. The second-order valence-corrected chi connectivity index (χ2v) is 4.65. The summed E-state index contributed by atoms with van der Waals surface area (Å²) in [7, 11) is 2.01. The summed E-state index contributed by atoms with van der Waals surface area (Å²) in [5, 5.41) is 9.26. The van der Waals surface area contributed by atoms with E-state index in [0.29, 0.717) is 0 Å². The number of nitrogens with zero attached hydrogens (tertiary/aromatic N) is 2. The summed E-state index contributed by atoms with van der Waals surface area (Å²) in [5.41, 5.74) is 2.52. The van der Waals surface area contributed by atoms with E-state index in [1.807, 2.05) is 11.7 Å². The minimum Gasteiger partial charge on any atom is -0.310 e. The van der Waals surface area contributed by atoms with Crippen LogP contribution in [0, 0.1) is 6.92 Å². The molecule has 1 aromatic rings. The van der Waals surface area contributed by atoms with Gasteiger partial charge in [-0.05, 0) is 26.0 Å². The van der Waals surface area contributed by atoms with E-state index >= 15 is 0 Å². The molecule has 0 aliphatic heterocycles. The molecule has 1 saturated carbocycles. The normalized spacial score (nSPS) is 16.2. The quantitative estimate of drug-likeness (QED) is 0.769. The third-order valence-corrected chi connectivity index (χ3v) is 3.52. The Morgan fingerprint density at radius 2 is 2.29 bits per heavy atom. The van der Waals surface area contributed by atoms with Crippen LogP contribution in [0.1, 0.15) is 24.1 Å². The predicted octanol–water partition coefficient (Wildman–Crippen LogP) is 1.70. The van der Waals surface area contributed by atoms with Crippen molar-refractivity contribution in [2.75, 3.05) is 6.26 Å². The van der Waals surface area contributed by atoms with Gasteiger partial charge >= 0.3 is 0 Å². The Bertz CT molecular complexity index is 328. The number of thioether (sulfide) groups is 1. The van der Waals surface area contributed by atoms with Gasteiger partial charge < -0.3 is 5.32 Å². The van der Waals surface area contributed by atoms with Crippen LogP contribution < -0.4 is 5.32 Å². The van der Waals surface area contributed by atoms with Crippen LogP contribution in [-0.2, 0) is 13.6 Å². The maximum atomic E-state index is 4.44. The molecule has 1 fully saturated rings. The molecule has 1 heterocycles. The number of nitrogens with one attached hydrogen (secondary N) is 1. The molecule has 4 heteroatoms. The molecule has 0 atom stereocenters. The molecule has 0 radical (unpaired) electrons. The molecule has 1 N–H and O–H groups in total. The lowest BCUT2D eigenvalue weighted by Gasteiger charge is -2.04. The van der Waals surface area contributed by atoms with Gasteiger partial charge in [-0.15, -0.1) is 11.8 Å². The van der Waals surface area contributed by atoms with Crippen molar-refractivity contribution >= 4 is 11.8 Å². The van der Waals surface area contributed by atoms with Gasteiger partial charge in [0.05, 0.1) is 10.7 Å². The minimum absolute atomic E-state index is 0.768. The third kappa shape index (κ3) is 1.96. The molecular formula is C10H17N3S. The lowest BCUT2D eigenvalue weighted by molar-refractivity contribution is 0.659. The van der Waals surface area contributed by atoms with Crippen molar-refractivity contribution in [3.8, 4) is 0 Å². The van der Waals surface area contributed by atoms with E-state index in [1.54, 1.807) is 11.8 Å².